The third-order valence-electron chi connectivity index (χ3n) is 9.24. The molecule has 2 aliphatic carbocycles. The molecule has 2 bridgehead atoms. The highest BCUT2D eigenvalue weighted by molar-refractivity contribution is 6.32. The van der Waals surface area contributed by atoms with Crippen molar-refractivity contribution in [2.75, 3.05) is 11.5 Å². The second kappa shape index (κ2) is 10.6. The summed E-state index contributed by atoms with van der Waals surface area (Å²) in [4.78, 5) is 58.7. The van der Waals surface area contributed by atoms with Gasteiger partial charge in [-0.3, -0.25) is 19.3 Å². The average Bonchev–Trinajstić information content (AvgIpc) is 3.71. The van der Waals surface area contributed by atoms with Gasteiger partial charge in [-0.1, -0.05) is 41.4 Å². The van der Waals surface area contributed by atoms with E-state index < -0.39 is 12.6 Å². The van der Waals surface area contributed by atoms with E-state index in [1.54, 1.807) is 66.7 Å². The molecule has 7 rings (SSSR count). The Kier molecular flexibility index (Phi) is 6.83. The van der Waals surface area contributed by atoms with E-state index in [0.717, 1.165) is 19.3 Å². The molecule has 4 unspecified atom stereocenters. The zero-order valence-electron chi connectivity index (χ0n) is 23.2. The molecule has 7 nitrogen and oxygen atoms in total. The van der Waals surface area contributed by atoms with Crippen molar-refractivity contribution in [2.24, 2.45) is 23.7 Å². The Morgan fingerprint density at radius 1 is 0.907 bits per heavy atom. The van der Waals surface area contributed by atoms with Gasteiger partial charge in [0, 0.05) is 26.6 Å². The smallest absolute Gasteiger partial charge is 0.339 e. The summed E-state index contributed by atoms with van der Waals surface area (Å²) < 4.78 is 5.45. The Morgan fingerprint density at radius 2 is 1.56 bits per heavy atom. The van der Waals surface area contributed by atoms with Crippen molar-refractivity contribution in [3.63, 3.8) is 0 Å². The lowest BCUT2D eigenvalue weighted by Crippen LogP contribution is -2.32. The number of pyridine rings is 1. The van der Waals surface area contributed by atoms with Gasteiger partial charge in [-0.05, 0) is 92.1 Å². The molecule has 1 aromatic heterocycles. The number of hydrogen-bond donors (Lipinski definition) is 0. The molecule has 2 saturated carbocycles. The minimum atomic E-state index is -0.677. The molecule has 4 aromatic rings. The lowest BCUT2D eigenvalue weighted by molar-refractivity contribution is -0.123. The summed E-state index contributed by atoms with van der Waals surface area (Å²) >= 11 is 12.3. The van der Waals surface area contributed by atoms with Crippen LogP contribution in [0.5, 0.6) is 0 Å². The summed E-state index contributed by atoms with van der Waals surface area (Å²) in [7, 11) is 0. The highest BCUT2D eigenvalue weighted by Crippen LogP contribution is 2.56. The summed E-state index contributed by atoms with van der Waals surface area (Å²) in [5.74, 6) is -0.990. The van der Waals surface area contributed by atoms with Gasteiger partial charge in [-0.2, -0.15) is 0 Å². The Morgan fingerprint density at radius 3 is 2.21 bits per heavy atom. The molecule has 216 valence electrons. The van der Waals surface area contributed by atoms with Gasteiger partial charge in [0.05, 0.1) is 34.3 Å². The SMILES string of the molecule is Cc1c(Cl)ccc2c(C(=O)OCC(=O)c3ccc(Cl)cc3)cc(-c3ccc(N4C(=O)C5C6CCC(C6)C5C4=O)cc3)nc12. The van der Waals surface area contributed by atoms with Crippen LogP contribution in [-0.4, -0.2) is 35.2 Å². The number of benzene rings is 3. The first-order valence-corrected chi connectivity index (χ1v) is 15.0. The topological polar surface area (TPSA) is 93.6 Å². The number of nitrogens with zero attached hydrogens (tertiary/aromatic N) is 2. The number of Topliss-reactive ketones (excluding diaryl/α,β-unsaturated/α-hetero) is 1. The van der Waals surface area contributed by atoms with Crippen molar-refractivity contribution in [1.29, 1.82) is 0 Å². The van der Waals surface area contributed by atoms with E-state index in [1.165, 1.54) is 4.90 Å². The van der Waals surface area contributed by atoms with Gasteiger partial charge < -0.3 is 4.74 Å². The maximum atomic E-state index is 13.3. The summed E-state index contributed by atoms with van der Waals surface area (Å²) in [6.45, 7) is 1.38. The lowest BCUT2D eigenvalue weighted by atomic mass is 9.81. The minimum Gasteiger partial charge on any atom is -0.454 e. The summed E-state index contributed by atoms with van der Waals surface area (Å²) in [5, 5.41) is 1.54. The standard InChI is InChI=1S/C34H26Cl2N2O5/c1-17-26(36)13-12-24-25(34(42)43-16-28(39)19-4-8-22(35)9-5-19)15-27(37-31(17)24)18-6-10-23(11-7-18)38-32(40)29-20-2-3-21(14-20)30(29)33(38)41/h4-13,15,20-21,29-30H,2-3,14,16H2,1H3. The van der Waals surface area contributed by atoms with E-state index in [2.05, 4.69) is 0 Å². The Balaban J connectivity index is 1.19. The zero-order valence-corrected chi connectivity index (χ0v) is 24.7. The van der Waals surface area contributed by atoms with E-state index >= 15 is 0 Å². The van der Waals surface area contributed by atoms with Gasteiger partial charge >= 0.3 is 5.97 Å². The molecule has 0 N–H and O–H groups in total. The number of amides is 2. The maximum absolute atomic E-state index is 13.3. The highest BCUT2D eigenvalue weighted by Gasteiger charge is 2.61. The van der Waals surface area contributed by atoms with E-state index in [4.69, 9.17) is 32.9 Å². The third kappa shape index (κ3) is 4.62. The summed E-state index contributed by atoms with van der Waals surface area (Å²) in [6, 6.07) is 18.4. The highest BCUT2D eigenvalue weighted by atomic mass is 35.5. The molecule has 0 radical (unpaired) electrons. The molecule has 3 aromatic carbocycles. The van der Waals surface area contributed by atoms with Crippen LogP contribution < -0.4 is 4.90 Å². The number of fused-ring (bicyclic) bond motifs is 6. The molecule has 4 atom stereocenters. The monoisotopic (exact) mass is 612 g/mol. The first kappa shape index (κ1) is 27.7. The largest absolute Gasteiger partial charge is 0.454 e. The molecule has 2 amide bonds. The van der Waals surface area contributed by atoms with Crippen molar-refractivity contribution in [2.45, 2.75) is 26.2 Å². The van der Waals surface area contributed by atoms with Gasteiger partial charge in [-0.15, -0.1) is 0 Å². The zero-order chi connectivity index (χ0) is 30.0. The molecule has 1 aliphatic heterocycles. The number of rotatable bonds is 6. The molecule has 2 heterocycles. The quantitative estimate of drug-likeness (QED) is 0.131. The first-order chi connectivity index (χ1) is 20.7. The fraction of sp³-hybridized carbons (Fsp3) is 0.265. The molecule has 3 fully saturated rings. The summed E-state index contributed by atoms with van der Waals surface area (Å²) in [5.41, 5.74) is 3.53. The van der Waals surface area contributed by atoms with Crippen LogP contribution >= 0.6 is 23.2 Å². The van der Waals surface area contributed by atoms with Crippen LogP contribution in [0.2, 0.25) is 10.0 Å². The van der Waals surface area contributed by atoms with Crippen molar-refractivity contribution >= 4 is 63.4 Å². The molecule has 1 saturated heterocycles. The number of ether oxygens (including phenoxy) is 1. The van der Waals surface area contributed by atoms with Crippen LogP contribution in [0.25, 0.3) is 22.2 Å². The minimum absolute atomic E-state index is 0.0952. The number of imide groups is 1. The second-order valence-electron chi connectivity index (χ2n) is 11.6. The number of aryl methyl sites for hydroxylation is 1. The van der Waals surface area contributed by atoms with Gasteiger partial charge in [-0.25, -0.2) is 9.78 Å². The fourth-order valence-electron chi connectivity index (χ4n) is 7.09. The number of aromatic nitrogens is 1. The van der Waals surface area contributed by atoms with Gasteiger partial charge in [0.2, 0.25) is 11.8 Å². The number of ketones is 1. The lowest BCUT2D eigenvalue weighted by Gasteiger charge is -2.19. The number of carbonyl (C=O) groups excluding carboxylic acids is 4. The number of hydrogen-bond acceptors (Lipinski definition) is 6. The van der Waals surface area contributed by atoms with Crippen LogP contribution in [0, 0.1) is 30.6 Å². The molecular weight excluding hydrogens is 587 g/mol. The Labute approximate surface area is 257 Å². The number of anilines is 1. The van der Waals surface area contributed by atoms with Crippen LogP contribution in [-0.2, 0) is 14.3 Å². The van der Waals surface area contributed by atoms with E-state index in [0.29, 0.717) is 60.9 Å². The third-order valence-corrected chi connectivity index (χ3v) is 9.90. The maximum Gasteiger partial charge on any atom is 0.339 e. The Hall–Kier alpha value is -4.07. The van der Waals surface area contributed by atoms with Crippen molar-refractivity contribution < 1.29 is 23.9 Å². The normalized spacial score (nSPS) is 22.3. The van der Waals surface area contributed by atoms with Crippen molar-refractivity contribution in [1.82, 2.24) is 4.98 Å². The van der Waals surface area contributed by atoms with Gasteiger partial charge in [0.15, 0.2) is 12.4 Å². The summed E-state index contributed by atoms with van der Waals surface area (Å²) in [6.07, 6.45) is 3.03. The molecular formula is C34H26Cl2N2O5. The number of carbonyl (C=O) groups is 4. The van der Waals surface area contributed by atoms with Crippen molar-refractivity contribution in [3.8, 4) is 11.3 Å². The first-order valence-electron chi connectivity index (χ1n) is 14.2. The van der Waals surface area contributed by atoms with E-state index in [1.807, 2.05) is 6.92 Å². The van der Waals surface area contributed by atoms with Crippen molar-refractivity contribution in [3.05, 3.63) is 93.5 Å². The van der Waals surface area contributed by atoms with Gasteiger partial charge in [0.1, 0.15) is 0 Å². The number of esters is 1. The molecule has 3 aliphatic rings. The molecule has 0 spiro atoms. The van der Waals surface area contributed by atoms with Crippen LogP contribution in [0.3, 0.4) is 0 Å². The Bertz CT molecular complexity index is 1810. The average molecular weight is 613 g/mol. The van der Waals surface area contributed by atoms with Crippen LogP contribution in [0.4, 0.5) is 5.69 Å². The van der Waals surface area contributed by atoms with E-state index in [9.17, 15) is 19.2 Å². The fourth-order valence-corrected chi connectivity index (χ4v) is 7.37. The van der Waals surface area contributed by atoms with Crippen LogP contribution in [0.15, 0.2) is 66.7 Å². The van der Waals surface area contributed by atoms with E-state index in [-0.39, 0.29) is 35.0 Å². The second-order valence-corrected chi connectivity index (χ2v) is 12.4. The predicted octanol–water partition coefficient (Wildman–Crippen LogP) is 7.09. The number of halogens is 2. The predicted molar refractivity (Wildman–Crippen MR) is 163 cm³/mol. The van der Waals surface area contributed by atoms with Crippen LogP contribution in [0.1, 0.15) is 45.5 Å². The molecule has 43 heavy (non-hydrogen) atoms. The molecule has 9 heteroatoms. The van der Waals surface area contributed by atoms with Gasteiger partial charge in [0.25, 0.3) is 0 Å².